The van der Waals surface area contributed by atoms with Crippen LogP contribution < -0.4 is 0 Å². The highest BCUT2D eigenvalue weighted by molar-refractivity contribution is 5.76. The first kappa shape index (κ1) is 11.9. The number of nitrogens with zero attached hydrogens (tertiary/aromatic N) is 2. The Morgan fingerprint density at radius 2 is 2.00 bits per heavy atom. The van der Waals surface area contributed by atoms with Crippen molar-refractivity contribution in [2.75, 3.05) is 39.3 Å². The molecule has 0 unspecified atom stereocenters. The number of aliphatic hydroxyl groups is 1. The smallest absolute Gasteiger partial charge is 0.222 e. The number of β-amino-alcohol motifs (C(OH)–C–C–N with tert-alkyl or cyclic N) is 1. The molecule has 16 heavy (non-hydrogen) atoms. The molecule has 1 aliphatic heterocycles. The Labute approximate surface area is 97.2 Å². The van der Waals surface area contributed by atoms with Crippen LogP contribution in [0.5, 0.6) is 0 Å². The van der Waals surface area contributed by atoms with Gasteiger partial charge in [0.2, 0.25) is 5.91 Å². The normalized spacial score (nSPS) is 23.2. The fourth-order valence-corrected chi connectivity index (χ4v) is 2.28. The lowest BCUT2D eigenvalue weighted by Gasteiger charge is -2.21. The minimum atomic E-state index is 0.218. The maximum absolute atomic E-state index is 11.9. The van der Waals surface area contributed by atoms with Crippen molar-refractivity contribution >= 4 is 5.91 Å². The van der Waals surface area contributed by atoms with E-state index < -0.39 is 0 Å². The number of aliphatic hydroxyl groups excluding tert-OH is 1. The van der Waals surface area contributed by atoms with E-state index in [0.717, 1.165) is 45.6 Å². The number of rotatable bonds is 4. The van der Waals surface area contributed by atoms with Crippen LogP contribution in [0.4, 0.5) is 0 Å². The van der Waals surface area contributed by atoms with Crippen LogP contribution in [0.15, 0.2) is 0 Å². The van der Waals surface area contributed by atoms with Gasteiger partial charge in [0.15, 0.2) is 0 Å². The lowest BCUT2D eigenvalue weighted by atomic mass is 10.2. The molecule has 1 saturated carbocycles. The van der Waals surface area contributed by atoms with Crippen LogP contribution in [0.2, 0.25) is 0 Å². The average molecular weight is 226 g/mol. The van der Waals surface area contributed by atoms with Crippen LogP contribution in [-0.2, 0) is 4.79 Å². The van der Waals surface area contributed by atoms with E-state index in [2.05, 4.69) is 4.90 Å². The summed E-state index contributed by atoms with van der Waals surface area (Å²) in [6.07, 6.45) is 4.29. The van der Waals surface area contributed by atoms with Gasteiger partial charge in [-0.15, -0.1) is 0 Å². The van der Waals surface area contributed by atoms with Crippen LogP contribution in [0.1, 0.15) is 25.7 Å². The summed E-state index contributed by atoms with van der Waals surface area (Å²) in [5.74, 6) is 1.03. The molecule has 0 atom stereocenters. The lowest BCUT2D eigenvalue weighted by Crippen LogP contribution is -2.36. The summed E-state index contributed by atoms with van der Waals surface area (Å²) in [4.78, 5) is 16.2. The Balaban J connectivity index is 1.75. The largest absolute Gasteiger partial charge is 0.395 e. The van der Waals surface area contributed by atoms with Gasteiger partial charge >= 0.3 is 0 Å². The summed E-state index contributed by atoms with van der Waals surface area (Å²) in [6.45, 7) is 4.62. The Hall–Kier alpha value is -0.610. The standard InChI is InChI=1S/C12H22N2O2/c15-9-8-13-4-1-5-14(7-6-13)12(16)10-11-2-3-11/h11,15H,1-10H2. The monoisotopic (exact) mass is 226 g/mol. The SMILES string of the molecule is O=C(CC1CC1)N1CCCN(CCO)CC1. The zero-order valence-corrected chi connectivity index (χ0v) is 9.90. The van der Waals surface area contributed by atoms with Crippen LogP contribution in [0.25, 0.3) is 0 Å². The molecular weight excluding hydrogens is 204 g/mol. The third kappa shape index (κ3) is 3.46. The number of hydrogen-bond acceptors (Lipinski definition) is 3. The van der Waals surface area contributed by atoms with E-state index in [0.29, 0.717) is 11.8 Å². The molecule has 4 nitrogen and oxygen atoms in total. The first-order chi connectivity index (χ1) is 7.79. The van der Waals surface area contributed by atoms with Crippen molar-refractivity contribution in [3.63, 3.8) is 0 Å². The van der Waals surface area contributed by atoms with Crippen molar-refractivity contribution in [1.82, 2.24) is 9.80 Å². The summed E-state index contributed by atoms with van der Waals surface area (Å²) in [5, 5.41) is 8.89. The zero-order chi connectivity index (χ0) is 11.4. The first-order valence-electron chi connectivity index (χ1n) is 6.40. The van der Waals surface area contributed by atoms with Crippen LogP contribution in [0, 0.1) is 5.92 Å². The van der Waals surface area contributed by atoms with Crippen molar-refractivity contribution in [2.24, 2.45) is 5.92 Å². The fourth-order valence-electron chi connectivity index (χ4n) is 2.28. The third-order valence-corrected chi connectivity index (χ3v) is 3.52. The van der Waals surface area contributed by atoms with E-state index in [1.54, 1.807) is 0 Å². The van der Waals surface area contributed by atoms with Gasteiger partial charge < -0.3 is 10.0 Å². The van der Waals surface area contributed by atoms with Crippen molar-refractivity contribution < 1.29 is 9.90 Å². The maximum atomic E-state index is 11.9. The molecule has 2 rings (SSSR count). The van der Waals surface area contributed by atoms with E-state index in [1.807, 2.05) is 4.90 Å². The molecule has 2 aliphatic rings. The van der Waals surface area contributed by atoms with Gasteiger partial charge in [0.05, 0.1) is 6.61 Å². The second kappa shape index (κ2) is 5.64. The van der Waals surface area contributed by atoms with Crippen molar-refractivity contribution in [1.29, 1.82) is 0 Å². The van der Waals surface area contributed by atoms with Gasteiger partial charge in [-0.05, 0) is 31.7 Å². The molecule has 4 heteroatoms. The number of hydrogen-bond donors (Lipinski definition) is 1. The van der Waals surface area contributed by atoms with Gasteiger partial charge in [-0.2, -0.15) is 0 Å². The molecule has 1 aliphatic carbocycles. The molecule has 2 fully saturated rings. The molecule has 0 radical (unpaired) electrons. The molecule has 1 saturated heterocycles. The lowest BCUT2D eigenvalue weighted by molar-refractivity contribution is -0.131. The van der Waals surface area contributed by atoms with E-state index in [4.69, 9.17) is 5.11 Å². The van der Waals surface area contributed by atoms with Crippen LogP contribution >= 0.6 is 0 Å². The quantitative estimate of drug-likeness (QED) is 0.750. The fraction of sp³-hybridized carbons (Fsp3) is 0.917. The molecule has 92 valence electrons. The van der Waals surface area contributed by atoms with Crippen molar-refractivity contribution in [2.45, 2.75) is 25.7 Å². The van der Waals surface area contributed by atoms with Gasteiger partial charge in [-0.1, -0.05) is 0 Å². The van der Waals surface area contributed by atoms with Gasteiger partial charge in [0.25, 0.3) is 0 Å². The molecule has 1 N–H and O–H groups in total. The third-order valence-electron chi connectivity index (χ3n) is 3.52. The highest BCUT2D eigenvalue weighted by atomic mass is 16.3. The van der Waals surface area contributed by atoms with E-state index in [9.17, 15) is 4.79 Å². The number of carbonyl (C=O) groups is 1. The topological polar surface area (TPSA) is 43.8 Å². The van der Waals surface area contributed by atoms with Crippen molar-refractivity contribution in [3.8, 4) is 0 Å². The molecule has 0 aromatic rings. The summed E-state index contributed by atoms with van der Waals surface area (Å²) in [7, 11) is 0. The van der Waals surface area contributed by atoms with E-state index in [-0.39, 0.29) is 6.61 Å². The summed E-state index contributed by atoms with van der Waals surface area (Å²) >= 11 is 0. The Kier molecular flexibility index (Phi) is 4.18. The molecule has 0 aromatic heterocycles. The van der Waals surface area contributed by atoms with Gasteiger partial charge in [-0.3, -0.25) is 9.69 Å². The summed E-state index contributed by atoms with van der Waals surface area (Å²) in [6, 6.07) is 0. The highest BCUT2D eigenvalue weighted by Crippen LogP contribution is 2.32. The molecule has 1 amide bonds. The second-order valence-corrected chi connectivity index (χ2v) is 4.95. The Bertz CT molecular complexity index is 241. The minimum absolute atomic E-state index is 0.218. The predicted molar refractivity (Wildman–Crippen MR) is 62.1 cm³/mol. The Morgan fingerprint density at radius 3 is 2.69 bits per heavy atom. The van der Waals surface area contributed by atoms with Crippen LogP contribution in [-0.4, -0.2) is 60.1 Å². The predicted octanol–water partition coefficient (Wildman–Crippen LogP) is 0.313. The zero-order valence-electron chi connectivity index (χ0n) is 9.90. The Morgan fingerprint density at radius 1 is 1.19 bits per heavy atom. The van der Waals surface area contributed by atoms with Gasteiger partial charge in [0, 0.05) is 32.6 Å². The van der Waals surface area contributed by atoms with Gasteiger partial charge in [0.1, 0.15) is 0 Å². The van der Waals surface area contributed by atoms with E-state index in [1.165, 1.54) is 12.8 Å². The van der Waals surface area contributed by atoms with Gasteiger partial charge in [-0.25, -0.2) is 0 Å². The average Bonchev–Trinajstić information content (AvgIpc) is 3.05. The summed E-state index contributed by atoms with van der Waals surface area (Å²) in [5.41, 5.74) is 0. The minimum Gasteiger partial charge on any atom is -0.395 e. The maximum Gasteiger partial charge on any atom is 0.222 e. The molecule has 0 aromatic carbocycles. The molecular formula is C12H22N2O2. The molecule has 0 spiro atoms. The highest BCUT2D eigenvalue weighted by Gasteiger charge is 2.27. The second-order valence-electron chi connectivity index (χ2n) is 4.95. The first-order valence-corrected chi connectivity index (χ1v) is 6.40. The number of carbonyl (C=O) groups excluding carboxylic acids is 1. The van der Waals surface area contributed by atoms with Crippen LogP contribution in [0.3, 0.4) is 0 Å². The number of amides is 1. The summed E-state index contributed by atoms with van der Waals surface area (Å²) < 4.78 is 0. The molecule has 1 heterocycles. The molecule has 0 bridgehead atoms. The van der Waals surface area contributed by atoms with Crippen molar-refractivity contribution in [3.05, 3.63) is 0 Å². The van der Waals surface area contributed by atoms with E-state index >= 15 is 0 Å².